The molecule has 4 rings (SSSR count). The van der Waals surface area contributed by atoms with E-state index in [0.717, 1.165) is 21.6 Å². The molecule has 114 valence electrons. The second-order valence-electron chi connectivity index (χ2n) is 5.17. The molecule has 0 aliphatic heterocycles. The van der Waals surface area contributed by atoms with Crippen LogP contribution >= 0.6 is 22.7 Å². The standard InChI is InChI=1S/C17H11NO3S2/c19-15(11-6-3-7-22-11)18-16-14(17(20)21)13-10-5-2-1-4-9(10)8-12(13)23-16/h1-7H,8H2,(H,18,19)(H,20,21). The minimum Gasteiger partial charge on any atom is -0.478 e. The number of fused-ring (bicyclic) bond motifs is 3. The average molecular weight is 341 g/mol. The number of carbonyl (C=O) groups is 2. The second-order valence-corrected chi connectivity index (χ2v) is 7.23. The first kappa shape index (κ1) is 14.2. The molecule has 3 aromatic rings. The highest BCUT2D eigenvalue weighted by Crippen LogP contribution is 2.47. The van der Waals surface area contributed by atoms with Crippen LogP contribution in [0.3, 0.4) is 0 Å². The van der Waals surface area contributed by atoms with Crippen molar-refractivity contribution in [3.05, 3.63) is 62.7 Å². The summed E-state index contributed by atoms with van der Waals surface area (Å²) in [5.74, 6) is -1.28. The van der Waals surface area contributed by atoms with Crippen molar-refractivity contribution in [2.75, 3.05) is 5.32 Å². The lowest BCUT2D eigenvalue weighted by molar-refractivity contribution is 0.0699. The molecule has 0 saturated heterocycles. The molecule has 0 spiro atoms. The fraction of sp³-hybridized carbons (Fsp3) is 0.0588. The maximum absolute atomic E-state index is 12.2. The average Bonchev–Trinajstić information content (AvgIpc) is 3.21. The van der Waals surface area contributed by atoms with Crippen LogP contribution < -0.4 is 5.32 Å². The maximum atomic E-state index is 12.2. The molecule has 0 saturated carbocycles. The fourth-order valence-corrected chi connectivity index (χ4v) is 4.69. The zero-order chi connectivity index (χ0) is 16.0. The van der Waals surface area contributed by atoms with E-state index >= 15 is 0 Å². The second kappa shape index (κ2) is 5.33. The number of thiophene rings is 2. The molecule has 6 heteroatoms. The van der Waals surface area contributed by atoms with E-state index in [1.165, 1.54) is 22.7 Å². The van der Waals surface area contributed by atoms with Crippen LogP contribution in [0, 0.1) is 0 Å². The van der Waals surface area contributed by atoms with Gasteiger partial charge in [-0.15, -0.1) is 22.7 Å². The van der Waals surface area contributed by atoms with E-state index in [0.29, 0.717) is 16.3 Å². The molecule has 0 atom stereocenters. The molecule has 4 nitrogen and oxygen atoms in total. The largest absolute Gasteiger partial charge is 0.478 e. The van der Waals surface area contributed by atoms with E-state index in [1.54, 1.807) is 12.1 Å². The van der Waals surface area contributed by atoms with Crippen LogP contribution in [0.2, 0.25) is 0 Å². The number of carbonyl (C=O) groups excluding carboxylic acids is 1. The summed E-state index contributed by atoms with van der Waals surface area (Å²) in [6.07, 6.45) is 0.714. The Balaban J connectivity index is 1.79. The van der Waals surface area contributed by atoms with Gasteiger partial charge in [-0.05, 0) is 22.6 Å². The number of anilines is 1. The van der Waals surface area contributed by atoms with Crippen molar-refractivity contribution >= 4 is 39.6 Å². The molecular weight excluding hydrogens is 330 g/mol. The number of hydrogen-bond donors (Lipinski definition) is 2. The number of rotatable bonds is 3. The molecular formula is C17H11NO3S2. The lowest BCUT2D eigenvalue weighted by Gasteiger charge is -2.05. The predicted molar refractivity (Wildman–Crippen MR) is 91.8 cm³/mol. The Morgan fingerprint density at radius 2 is 1.96 bits per heavy atom. The third-order valence-corrected chi connectivity index (χ3v) is 5.78. The topological polar surface area (TPSA) is 66.4 Å². The minimum absolute atomic E-state index is 0.194. The SMILES string of the molecule is O=C(Nc1sc2c(c1C(=O)O)-c1ccccc1C2)c1cccs1. The Morgan fingerprint density at radius 3 is 2.70 bits per heavy atom. The molecule has 2 aromatic heterocycles. The van der Waals surface area contributed by atoms with Gasteiger partial charge in [0.1, 0.15) is 10.6 Å². The van der Waals surface area contributed by atoms with Gasteiger partial charge in [-0.1, -0.05) is 30.3 Å². The van der Waals surface area contributed by atoms with E-state index < -0.39 is 5.97 Å². The van der Waals surface area contributed by atoms with Gasteiger partial charge >= 0.3 is 5.97 Å². The highest BCUT2D eigenvalue weighted by atomic mass is 32.1. The Kier molecular flexibility index (Phi) is 3.28. The number of carboxylic acid groups (broad SMARTS) is 1. The smallest absolute Gasteiger partial charge is 0.339 e. The Hall–Kier alpha value is -2.44. The van der Waals surface area contributed by atoms with Crippen molar-refractivity contribution in [1.29, 1.82) is 0 Å². The molecule has 0 bridgehead atoms. The zero-order valence-electron chi connectivity index (χ0n) is 11.8. The summed E-state index contributed by atoms with van der Waals surface area (Å²) < 4.78 is 0. The van der Waals surface area contributed by atoms with Crippen LogP contribution in [-0.2, 0) is 6.42 Å². The molecule has 0 fully saturated rings. The Labute approximate surface area is 140 Å². The number of nitrogens with one attached hydrogen (secondary N) is 1. The van der Waals surface area contributed by atoms with Gasteiger partial charge < -0.3 is 10.4 Å². The molecule has 1 aliphatic carbocycles. The molecule has 1 amide bonds. The quantitative estimate of drug-likeness (QED) is 0.583. The molecule has 23 heavy (non-hydrogen) atoms. The van der Waals surface area contributed by atoms with Crippen molar-refractivity contribution in [3.63, 3.8) is 0 Å². The van der Waals surface area contributed by atoms with Crippen LogP contribution in [0.5, 0.6) is 0 Å². The first-order valence-electron chi connectivity index (χ1n) is 6.97. The Morgan fingerprint density at radius 1 is 1.13 bits per heavy atom. The van der Waals surface area contributed by atoms with E-state index in [2.05, 4.69) is 5.32 Å². The van der Waals surface area contributed by atoms with Gasteiger partial charge in [0.25, 0.3) is 5.91 Å². The van der Waals surface area contributed by atoms with Crippen LogP contribution in [0.4, 0.5) is 5.00 Å². The third-order valence-electron chi connectivity index (χ3n) is 3.80. The summed E-state index contributed by atoms with van der Waals surface area (Å²) in [4.78, 5) is 25.6. The maximum Gasteiger partial charge on any atom is 0.339 e. The summed E-state index contributed by atoms with van der Waals surface area (Å²) in [6, 6.07) is 11.3. The summed E-state index contributed by atoms with van der Waals surface area (Å²) in [5, 5.41) is 14.6. The van der Waals surface area contributed by atoms with Gasteiger partial charge in [-0.2, -0.15) is 0 Å². The molecule has 0 unspecified atom stereocenters. The lowest BCUT2D eigenvalue weighted by Crippen LogP contribution is -2.12. The first-order chi connectivity index (χ1) is 11.1. The number of benzene rings is 1. The molecule has 2 N–H and O–H groups in total. The van der Waals surface area contributed by atoms with E-state index in [9.17, 15) is 14.7 Å². The first-order valence-corrected chi connectivity index (χ1v) is 8.67. The summed E-state index contributed by atoms with van der Waals surface area (Å²) >= 11 is 2.68. The number of amides is 1. The van der Waals surface area contributed by atoms with Crippen molar-refractivity contribution in [3.8, 4) is 11.1 Å². The van der Waals surface area contributed by atoms with Gasteiger partial charge in [-0.25, -0.2) is 4.79 Å². The van der Waals surface area contributed by atoms with Crippen LogP contribution in [-0.4, -0.2) is 17.0 Å². The molecule has 1 aromatic carbocycles. The predicted octanol–water partition coefficient (Wildman–Crippen LogP) is 4.33. The number of aromatic carboxylic acids is 1. The van der Waals surface area contributed by atoms with E-state index in [4.69, 9.17) is 0 Å². The third kappa shape index (κ3) is 2.27. The van der Waals surface area contributed by atoms with Gasteiger partial charge in [0.05, 0.1) is 4.88 Å². The normalized spacial score (nSPS) is 11.8. The van der Waals surface area contributed by atoms with E-state index in [1.807, 2.05) is 29.6 Å². The van der Waals surface area contributed by atoms with Gasteiger partial charge in [0.15, 0.2) is 0 Å². The highest BCUT2D eigenvalue weighted by Gasteiger charge is 2.30. The minimum atomic E-state index is -1.01. The lowest BCUT2D eigenvalue weighted by atomic mass is 10.0. The van der Waals surface area contributed by atoms with Crippen LogP contribution in [0.1, 0.15) is 30.5 Å². The Bertz CT molecular complexity index is 925. The van der Waals surface area contributed by atoms with Gasteiger partial charge in [-0.3, -0.25) is 4.79 Å². The van der Waals surface area contributed by atoms with Gasteiger partial charge in [0, 0.05) is 16.9 Å². The fourth-order valence-electron chi connectivity index (χ4n) is 2.84. The summed E-state index contributed by atoms with van der Waals surface area (Å²) in [5.41, 5.74) is 3.03. The number of carboxylic acids is 1. The molecule has 0 radical (unpaired) electrons. The summed E-state index contributed by atoms with van der Waals surface area (Å²) in [6.45, 7) is 0. The van der Waals surface area contributed by atoms with Crippen molar-refractivity contribution < 1.29 is 14.7 Å². The van der Waals surface area contributed by atoms with Crippen molar-refractivity contribution in [2.24, 2.45) is 0 Å². The van der Waals surface area contributed by atoms with Crippen molar-refractivity contribution in [1.82, 2.24) is 0 Å². The van der Waals surface area contributed by atoms with E-state index in [-0.39, 0.29) is 11.5 Å². The van der Waals surface area contributed by atoms with Crippen LogP contribution in [0.15, 0.2) is 41.8 Å². The highest BCUT2D eigenvalue weighted by molar-refractivity contribution is 7.17. The molecule has 2 heterocycles. The number of hydrogen-bond acceptors (Lipinski definition) is 4. The monoisotopic (exact) mass is 341 g/mol. The van der Waals surface area contributed by atoms with Crippen molar-refractivity contribution in [2.45, 2.75) is 6.42 Å². The zero-order valence-corrected chi connectivity index (χ0v) is 13.5. The van der Waals surface area contributed by atoms with Crippen LogP contribution in [0.25, 0.3) is 11.1 Å². The summed E-state index contributed by atoms with van der Waals surface area (Å²) in [7, 11) is 0. The van der Waals surface area contributed by atoms with Gasteiger partial charge in [0.2, 0.25) is 0 Å². The molecule has 1 aliphatic rings.